The number of benzene rings is 2. The third-order valence-corrected chi connectivity index (χ3v) is 7.18. The molecule has 2 aromatic heterocycles. The second kappa shape index (κ2) is 9.88. The Morgan fingerprint density at radius 2 is 1.78 bits per heavy atom. The van der Waals surface area contributed by atoms with Gasteiger partial charge in [0, 0.05) is 36.3 Å². The lowest BCUT2D eigenvalue weighted by atomic mass is 9.82. The van der Waals surface area contributed by atoms with E-state index in [1.807, 2.05) is 30.3 Å². The zero-order valence-electron chi connectivity index (χ0n) is 20.0. The van der Waals surface area contributed by atoms with Crippen molar-refractivity contribution >= 4 is 33.7 Å². The van der Waals surface area contributed by atoms with E-state index in [2.05, 4.69) is 10.3 Å². The van der Waals surface area contributed by atoms with E-state index in [0.29, 0.717) is 43.1 Å². The first kappa shape index (κ1) is 24.8. The number of nitrogens with zero attached hydrogens (tertiary/aromatic N) is 2. The maximum atomic E-state index is 13.6. The Balaban J connectivity index is 1.43. The maximum Gasteiger partial charge on any atom is 0.416 e. The summed E-state index contributed by atoms with van der Waals surface area (Å²) in [4.78, 5) is 28.9. The minimum atomic E-state index is -4.59. The molecule has 5 rings (SSSR count). The monoisotopic (exact) mass is 509 g/mol. The molecule has 1 aliphatic rings. The van der Waals surface area contributed by atoms with Crippen molar-refractivity contribution in [2.24, 2.45) is 11.8 Å². The number of hydrogen-bond donors (Lipinski definition) is 2. The Hall–Kier alpha value is -3.88. The van der Waals surface area contributed by atoms with Gasteiger partial charge in [-0.3, -0.25) is 14.6 Å². The average molecular weight is 510 g/mol. The fourth-order valence-corrected chi connectivity index (χ4v) is 5.16. The highest BCUT2D eigenvalue weighted by Gasteiger charge is 2.33. The van der Waals surface area contributed by atoms with Crippen molar-refractivity contribution in [2.75, 3.05) is 6.54 Å². The first-order chi connectivity index (χ1) is 17.7. The van der Waals surface area contributed by atoms with Gasteiger partial charge in [0.25, 0.3) is 5.91 Å². The van der Waals surface area contributed by atoms with Crippen LogP contribution in [0.2, 0.25) is 0 Å². The number of carbonyl (C=O) groups is 2. The van der Waals surface area contributed by atoms with Crippen LogP contribution in [0.25, 0.3) is 21.8 Å². The highest BCUT2D eigenvalue weighted by Crippen LogP contribution is 2.34. The maximum absolute atomic E-state index is 13.6. The van der Waals surface area contributed by atoms with Gasteiger partial charge in [-0.05, 0) is 67.5 Å². The van der Waals surface area contributed by atoms with Crippen molar-refractivity contribution in [2.45, 2.75) is 38.4 Å². The van der Waals surface area contributed by atoms with Gasteiger partial charge in [-0.2, -0.15) is 13.2 Å². The van der Waals surface area contributed by atoms with Gasteiger partial charge in [-0.25, -0.2) is 0 Å². The predicted octanol–water partition coefficient (Wildman–Crippen LogP) is 5.88. The van der Waals surface area contributed by atoms with Crippen LogP contribution in [-0.2, 0) is 17.5 Å². The third kappa shape index (κ3) is 5.30. The molecule has 37 heavy (non-hydrogen) atoms. The number of pyridine rings is 1. The number of alkyl halides is 3. The lowest BCUT2D eigenvalue weighted by molar-refractivity contribution is -0.143. The van der Waals surface area contributed by atoms with Crippen molar-refractivity contribution in [3.8, 4) is 0 Å². The standard InChI is InChI=1S/C28H26F3N3O3/c29-28(30,31)22-12-21-9-10-34(16-18-11-20-3-1-2-4-24(20)32-15-18)25(21)23(13-22)26(35)33-14-17-5-7-19(8-6-17)27(36)37/h1-4,9-13,15,17,19H,5-8,14,16H2,(H,33,35)(H,36,37)/t17-,19-. The van der Waals surface area contributed by atoms with E-state index in [-0.39, 0.29) is 23.9 Å². The number of rotatable bonds is 6. The van der Waals surface area contributed by atoms with Crippen LogP contribution in [0.5, 0.6) is 0 Å². The quantitative estimate of drug-likeness (QED) is 0.340. The van der Waals surface area contributed by atoms with Crippen molar-refractivity contribution in [1.82, 2.24) is 14.9 Å². The van der Waals surface area contributed by atoms with Crippen molar-refractivity contribution in [3.63, 3.8) is 0 Å². The summed E-state index contributed by atoms with van der Waals surface area (Å²) in [6, 6.07) is 13.2. The van der Waals surface area contributed by atoms with E-state index in [4.69, 9.17) is 0 Å². The molecule has 0 saturated heterocycles. The molecule has 2 N–H and O–H groups in total. The highest BCUT2D eigenvalue weighted by molar-refractivity contribution is 6.06. The summed E-state index contributed by atoms with van der Waals surface area (Å²) < 4.78 is 42.7. The predicted molar refractivity (Wildman–Crippen MR) is 133 cm³/mol. The van der Waals surface area contributed by atoms with Gasteiger partial charge < -0.3 is 15.0 Å². The topological polar surface area (TPSA) is 84.2 Å². The molecule has 4 aromatic rings. The second-order valence-electron chi connectivity index (χ2n) is 9.71. The minimum absolute atomic E-state index is 0.0391. The fraction of sp³-hybridized carbons (Fsp3) is 0.321. The van der Waals surface area contributed by atoms with Crippen LogP contribution in [0, 0.1) is 11.8 Å². The Kier molecular flexibility index (Phi) is 6.62. The summed E-state index contributed by atoms with van der Waals surface area (Å²) >= 11 is 0. The molecule has 0 radical (unpaired) electrons. The molecule has 0 aliphatic heterocycles. The minimum Gasteiger partial charge on any atom is -0.481 e. The van der Waals surface area contributed by atoms with E-state index in [1.165, 1.54) is 0 Å². The molecule has 0 unspecified atom stereocenters. The summed E-state index contributed by atoms with van der Waals surface area (Å²) in [7, 11) is 0. The van der Waals surface area contributed by atoms with Gasteiger partial charge in [-0.1, -0.05) is 18.2 Å². The van der Waals surface area contributed by atoms with Crippen LogP contribution >= 0.6 is 0 Å². The molecule has 1 amide bonds. The highest BCUT2D eigenvalue weighted by atomic mass is 19.4. The Morgan fingerprint density at radius 1 is 1.03 bits per heavy atom. The van der Waals surface area contributed by atoms with Crippen LogP contribution in [0.15, 0.2) is 60.9 Å². The molecular weight excluding hydrogens is 483 g/mol. The molecule has 0 atom stereocenters. The molecular formula is C28H26F3N3O3. The normalized spacial score (nSPS) is 18.2. The molecule has 1 saturated carbocycles. The molecule has 2 heterocycles. The second-order valence-corrected chi connectivity index (χ2v) is 9.71. The van der Waals surface area contributed by atoms with Crippen LogP contribution < -0.4 is 5.32 Å². The van der Waals surface area contributed by atoms with Crippen molar-refractivity contribution < 1.29 is 27.9 Å². The fourth-order valence-electron chi connectivity index (χ4n) is 5.16. The number of aliphatic carboxylic acids is 1. The molecule has 192 valence electrons. The van der Waals surface area contributed by atoms with Crippen molar-refractivity contribution in [1.29, 1.82) is 0 Å². The summed E-state index contributed by atoms with van der Waals surface area (Å²) in [5.74, 6) is -1.66. The SMILES string of the molecule is O=C(NC[C@H]1CC[C@H](C(=O)O)CC1)c1cc(C(F)(F)F)cc2ccn(Cc3cnc4ccccc4c3)c12. The summed E-state index contributed by atoms with van der Waals surface area (Å²) in [6.07, 6.45) is 1.19. The van der Waals surface area contributed by atoms with Gasteiger partial charge in [0.15, 0.2) is 0 Å². The number of carboxylic acids is 1. The van der Waals surface area contributed by atoms with E-state index in [1.54, 1.807) is 23.0 Å². The van der Waals surface area contributed by atoms with E-state index < -0.39 is 23.6 Å². The molecule has 9 heteroatoms. The number of carboxylic acid groups (broad SMARTS) is 1. The Morgan fingerprint density at radius 3 is 2.51 bits per heavy atom. The number of carbonyl (C=O) groups excluding carboxylic acids is 1. The number of halogens is 3. The van der Waals surface area contributed by atoms with Gasteiger partial charge >= 0.3 is 12.1 Å². The Bertz CT molecular complexity index is 1470. The summed E-state index contributed by atoms with van der Waals surface area (Å²) in [5.41, 5.74) is 1.21. The number of para-hydroxylation sites is 1. The third-order valence-electron chi connectivity index (χ3n) is 7.18. The van der Waals surface area contributed by atoms with E-state index in [9.17, 15) is 27.9 Å². The number of fused-ring (bicyclic) bond motifs is 2. The zero-order valence-corrected chi connectivity index (χ0v) is 20.0. The number of nitrogens with one attached hydrogen (secondary N) is 1. The first-order valence-corrected chi connectivity index (χ1v) is 12.2. The largest absolute Gasteiger partial charge is 0.481 e. The van der Waals surface area contributed by atoms with E-state index >= 15 is 0 Å². The molecule has 1 aliphatic carbocycles. The van der Waals surface area contributed by atoms with Crippen LogP contribution in [-0.4, -0.2) is 33.1 Å². The molecule has 1 fully saturated rings. The van der Waals surface area contributed by atoms with Gasteiger partial charge in [-0.15, -0.1) is 0 Å². The lowest BCUT2D eigenvalue weighted by Crippen LogP contribution is -2.32. The zero-order chi connectivity index (χ0) is 26.2. The van der Waals surface area contributed by atoms with Crippen LogP contribution in [0.3, 0.4) is 0 Å². The van der Waals surface area contributed by atoms with E-state index in [0.717, 1.165) is 28.6 Å². The summed E-state index contributed by atoms with van der Waals surface area (Å²) in [6.45, 7) is 0.629. The first-order valence-electron chi connectivity index (χ1n) is 12.2. The van der Waals surface area contributed by atoms with Gasteiger partial charge in [0.1, 0.15) is 0 Å². The van der Waals surface area contributed by atoms with Crippen molar-refractivity contribution in [3.05, 3.63) is 77.6 Å². The molecule has 0 spiro atoms. The lowest BCUT2D eigenvalue weighted by Gasteiger charge is -2.26. The number of hydrogen-bond acceptors (Lipinski definition) is 3. The molecule has 2 aromatic carbocycles. The van der Waals surface area contributed by atoms with Crippen LogP contribution in [0.1, 0.15) is 47.2 Å². The Labute approximate surface area is 211 Å². The average Bonchev–Trinajstić information content (AvgIpc) is 3.29. The van der Waals surface area contributed by atoms with Gasteiger partial charge in [0.2, 0.25) is 0 Å². The van der Waals surface area contributed by atoms with Gasteiger partial charge in [0.05, 0.1) is 28.1 Å². The van der Waals surface area contributed by atoms with Crippen LogP contribution in [0.4, 0.5) is 13.2 Å². The summed E-state index contributed by atoms with van der Waals surface area (Å²) in [5, 5.41) is 13.3. The molecule has 0 bridgehead atoms. The molecule has 6 nitrogen and oxygen atoms in total. The number of aromatic nitrogens is 2. The smallest absolute Gasteiger partial charge is 0.416 e. The number of amides is 1.